The van der Waals surface area contributed by atoms with Crippen molar-refractivity contribution in [3.05, 3.63) is 41.7 Å². The van der Waals surface area contributed by atoms with Crippen molar-refractivity contribution in [1.29, 1.82) is 0 Å². The molecule has 1 aliphatic rings. The van der Waals surface area contributed by atoms with Crippen molar-refractivity contribution in [2.45, 2.75) is 34.2 Å². The number of carbonyl (C=O) groups is 1. The lowest BCUT2D eigenvalue weighted by molar-refractivity contribution is -0.123. The summed E-state index contributed by atoms with van der Waals surface area (Å²) in [4.78, 5) is 16.4. The van der Waals surface area contributed by atoms with E-state index in [1.54, 1.807) is 6.20 Å². The first kappa shape index (κ1) is 13.8. The fourth-order valence-corrected chi connectivity index (χ4v) is 2.64. The molecule has 0 aliphatic heterocycles. The fourth-order valence-electron chi connectivity index (χ4n) is 2.64. The number of nitrogens with zero attached hydrogens (tertiary/aromatic N) is 1. The molecule has 0 radical (unpaired) electrons. The van der Waals surface area contributed by atoms with Gasteiger partial charge < -0.3 is 5.32 Å². The number of hydrogen-bond donors (Lipinski definition) is 1. The molecular formula is C16H22N2O. The first-order valence-corrected chi connectivity index (χ1v) is 6.75. The largest absolute Gasteiger partial charge is 0.350 e. The highest BCUT2D eigenvalue weighted by atomic mass is 16.2. The number of pyridine rings is 1. The normalized spacial score (nSPS) is 23.6. The molecule has 0 aromatic carbocycles. The molecule has 19 heavy (non-hydrogen) atoms. The Hall–Kier alpha value is -1.64. The molecule has 0 unspecified atom stereocenters. The van der Waals surface area contributed by atoms with Gasteiger partial charge in [-0.25, -0.2) is 0 Å². The van der Waals surface area contributed by atoms with Gasteiger partial charge in [-0.3, -0.25) is 9.78 Å². The molecule has 1 aromatic rings. The van der Waals surface area contributed by atoms with E-state index in [4.69, 9.17) is 0 Å². The molecule has 2 rings (SSSR count). The molecule has 1 amide bonds. The van der Waals surface area contributed by atoms with Crippen LogP contribution in [-0.4, -0.2) is 10.9 Å². The number of allylic oxidation sites excluding steroid dienone is 2. The lowest BCUT2D eigenvalue weighted by Gasteiger charge is -2.05. The molecule has 1 saturated carbocycles. The van der Waals surface area contributed by atoms with Crippen molar-refractivity contribution >= 4 is 5.91 Å². The van der Waals surface area contributed by atoms with Crippen LogP contribution >= 0.6 is 0 Å². The Kier molecular flexibility index (Phi) is 3.74. The topological polar surface area (TPSA) is 42.0 Å². The van der Waals surface area contributed by atoms with Gasteiger partial charge >= 0.3 is 0 Å². The highest BCUT2D eigenvalue weighted by Gasteiger charge is 2.60. The van der Waals surface area contributed by atoms with Gasteiger partial charge in [-0.1, -0.05) is 31.6 Å². The summed E-state index contributed by atoms with van der Waals surface area (Å²) < 4.78 is 0. The van der Waals surface area contributed by atoms with E-state index in [1.807, 2.05) is 18.2 Å². The van der Waals surface area contributed by atoms with Crippen LogP contribution in [0.2, 0.25) is 0 Å². The smallest absolute Gasteiger partial charge is 0.224 e. The lowest BCUT2D eigenvalue weighted by atomic mass is 10.1. The third kappa shape index (κ3) is 3.03. The minimum Gasteiger partial charge on any atom is -0.350 e. The van der Waals surface area contributed by atoms with Gasteiger partial charge in [-0.2, -0.15) is 0 Å². The molecule has 1 heterocycles. The molecule has 1 N–H and O–H groups in total. The van der Waals surface area contributed by atoms with Crippen molar-refractivity contribution in [2.24, 2.45) is 17.3 Å². The monoisotopic (exact) mass is 258 g/mol. The van der Waals surface area contributed by atoms with Crippen LogP contribution in [0.3, 0.4) is 0 Å². The van der Waals surface area contributed by atoms with Gasteiger partial charge in [0, 0.05) is 6.20 Å². The Morgan fingerprint density at radius 3 is 2.74 bits per heavy atom. The predicted octanol–water partition coefficient (Wildman–Crippen LogP) is 2.94. The zero-order valence-electron chi connectivity index (χ0n) is 12.1. The van der Waals surface area contributed by atoms with Crippen molar-refractivity contribution in [2.75, 3.05) is 0 Å². The zero-order valence-corrected chi connectivity index (χ0v) is 12.1. The minimum absolute atomic E-state index is 0.0749. The van der Waals surface area contributed by atoms with E-state index in [0.717, 1.165) is 5.69 Å². The first-order valence-electron chi connectivity index (χ1n) is 6.75. The number of amides is 1. The van der Waals surface area contributed by atoms with Crippen LogP contribution in [0.25, 0.3) is 0 Å². The van der Waals surface area contributed by atoms with Crippen LogP contribution in [0.15, 0.2) is 36.0 Å². The molecule has 1 aromatic heterocycles. The molecule has 1 fully saturated rings. The Morgan fingerprint density at radius 1 is 1.42 bits per heavy atom. The van der Waals surface area contributed by atoms with Crippen LogP contribution in [-0.2, 0) is 11.3 Å². The van der Waals surface area contributed by atoms with Gasteiger partial charge in [-0.15, -0.1) is 0 Å². The average Bonchev–Trinajstić information content (AvgIpc) is 2.88. The molecule has 1 aliphatic carbocycles. The van der Waals surface area contributed by atoms with Gasteiger partial charge in [-0.05, 0) is 37.3 Å². The highest BCUT2D eigenvalue weighted by Crippen LogP contribution is 2.59. The number of hydrogen-bond acceptors (Lipinski definition) is 2. The Morgan fingerprint density at radius 2 is 2.16 bits per heavy atom. The molecule has 102 valence electrons. The Labute approximate surface area is 115 Å². The predicted molar refractivity (Wildman–Crippen MR) is 76.3 cm³/mol. The molecule has 0 saturated heterocycles. The highest BCUT2D eigenvalue weighted by molar-refractivity contribution is 5.83. The van der Waals surface area contributed by atoms with E-state index in [0.29, 0.717) is 12.5 Å². The number of aromatic nitrogens is 1. The van der Waals surface area contributed by atoms with E-state index in [-0.39, 0.29) is 17.2 Å². The lowest BCUT2D eigenvalue weighted by Crippen LogP contribution is -2.26. The van der Waals surface area contributed by atoms with Crippen molar-refractivity contribution in [1.82, 2.24) is 10.3 Å². The standard InChI is InChI=1S/C16H22N2O/c1-11(2)9-13-14(16(13,3)4)15(19)18-10-12-7-5-6-8-17-12/h5-9,13-14H,10H2,1-4H3,(H,18,19)/t13-,14-/m1/s1. The second-order valence-corrected chi connectivity index (χ2v) is 6.11. The van der Waals surface area contributed by atoms with Crippen LogP contribution in [0.1, 0.15) is 33.4 Å². The van der Waals surface area contributed by atoms with Gasteiger partial charge in [0.25, 0.3) is 0 Å². The van der Waals surface area contributed by atoms with E-state index in [9.17, 15) is 4.79 Å². The molecule has 3 nitrogen and oxygen atoms in total. The number of nitrogens with one attached hydrogen (secondary N) is 1. The minimum atomic E-state index is 0.0749. The summed E-state index contributed by atoms with van der Waals surface area (Å²) in [6, 6.07) is 5.73. The van der Waals surface area contributed by atoms with Crippen LogP contribution in [0, 0.1) is 17.3 Å². The summed E-state index contributed by atoms with van der Waals surface area (Å²) >= 11 is 0. The van der Waals surface area contributed by atoms with Gasteiger partial charge in [0.2, 0.25) is 5.91 Å². The van der Waals surface area contributed by atoms with Gasteiger partial charge in [0.1, 0.15) is 0 Å². The van der Waals surface area contributed by atoms with E-state index >= 15 is 0 Å². The SMILES string of the molecule is CC(C)=C[C@@H]1[C@H](C(=O)NCc2ccccn2)C1(C)C. The second-order valence-electron chi connectivity index (χ2n) is 6.11. The van der Waals surface area contributed by atoms with Crippen LogP contribution in [0.5, 0.6) is 0 Å². The molecule has 2 atom stereocenters. The molecule has 0 spiro atoms. The van der Waals surface area contributed by atoms with Crippen molar-refractivity contribution in [3.63, 3.8) is 0 Å². The molecular weight excluding hydrogens is 236 g/mol. The summed E-state index contributed by atoms with van der Waals surface area (Å²) in [5, 5.41) is 2.99. The van der Waals surface area contributed by atoms with E-state index in [1.165, 1.54) is 5.57 Å². The summed E-state index contributed by atoms with van der Waals surface area (Å²) in [6.45, 7) is 8.98. The van der Waals surface area contributed by atoms with Crippen LogP contribution < -0.4 is 5.32 Å². The van der Waals surface area contributed by atoms with Crippen molar-refractivity contribution in [3.8, 4) is 0 Å². The summed E-state index contributed by atoms with van der Waals surface area (Å²) in [5.41, 5.74) is 2.25. The maximum atomic E-state index is 12.2. The maximum absolute atomic E-state index is 12.2. The van der Waals surface area contributed by atoms with E-state index < -0.39 is 0 Å². The first-order chi connectivity index (χ1) is 8.93. The third-order valence-corrected chi connectivity index (χ3v) is 3.88. The Bertz CT molecular complexity index is 487. The Balaban J connectivity index is 1.93. The average molecular weight is 258 g/mol. The molecule has 3 heteroatoms. The zero-order chi connectivity index (χ0) is 14.0. The van der Waals surface area contributed by atoms with Gasteiger partial charge in [0.05, 0.1) is 18.2 Å². The quantitative estimate of drug-likeness (QED) is 0.844. The van der Waals surface area contributed by atoms with Gasteiger partial charge in [0.15, 0.2) is 0 Å². The van der Waals surface area contributed by atoms with Crippen LogP contribution in [0.4, 0.5) is 0 Å². The summed E-state index contributed by atoms with van der Waals surface area (Å²) in [5.74, 6) is 0.588. The third-order valence-electron chi connectivity index (χ3n) is 3.88. The van der Waals surface area contributed by atoms with Crippen molar-refractivity contribution < 1.29 is 4.79 Å². The van der Waals surface area contributed by atoms with E-state index in [2.05, 4.69) is 44.1 Å². The number of carbonyl (C=O) groups excluding carboxylic acids is 1. The summed E-state index contributed by atoms with van der Waals surface area (Å²) in [7, 11) is 0. The number of rotatable bonds is 4. The molecule has 0 bridgehead atoms. The maximum Gasteiger partial charge on any atom is 0.224 e. The second kappa shape index (κ2) is 5.16. The fraction of sp³-hybridized carbons (Fsp3) is 0.500. The summed E-state index contributed by atoms with van der Waals surface area (Å²) in [6.07, 6.45) is 3.96.